The lowest BCUT2D eigenvalue weighted by molar-refractivity contribution is -0.121. The monoisotopic (exact) mass is 333 g/mol. The van der Waals surface area contributed by atoms with Crippen LogP contribution in [0.15, 0.2) is 35.2 Å². The van der Waals surface area contributed by atoms with Crippen molar-refractivity contribution in [2.75, 3.05) is 6.54 Å². The van der Waals surface area contributed by atoms with Gasteiger partial charge in [-0.2, -0.15) is 0 Å². The minimum atomic E-state index is -3.82. The molecule has 1 saturated carbocycles. The molecule has 2 rings (SSSR count). The van der Waals surface area contributed by atoms with Gasteiger partial charge in [0.25, 0.3) is 6.43 Å². The molecular formula is C14H17F2NO4S. The molecule has 22 heavy (non-hydrogen) atoms. The number of amides is 1. The van der Waals surface area contributed by atoms with Crippen LogP contribution in [0.3, 0.4) is 0 Å². The molecule has 1 aromatic carbocycles. The summed E-state index contributed by atoms with van der Waals surface area (Å²) in [5.41, 5.74) is 0. The van der Waals surface area contributed by atoms with Crippen LogP contribution < -0.4 is 5.32 Å². The molecule has 0 radical (unpaired) electrons. The summed E-state index contributed by atoms with van der Waals surface area (Å²) in [7, 11) is -3.82. The Morgan fingerprint density at radius 3 is 2.36 bits per heavy atom. The second-order valence-electron chi connectivity index (χ2n) is 5.26. The molecule has 1 amide bonds. The van der Waals surface area contributed by atoms with Crippen molar-refractivity contribution < 1.29 is 27.1 Å². The summed E-state index contributed by atoms with van der Waals surface area (Å²) in [5.74, 6) is -0.696. The van der Waals surface area contributed by atoms with E-state index in [2.05, 4.69) is 5.32 Å². The number of aliphatic hydroxyl groups is 1. The van der Waals surface area contributed by atoms with Gasteiger partial charge in [0.05, 0.1) is 4.90 Å². The SMILES string of the molecule is O=C(NCCC(O)C(F)F)C1(S(=O)(=O)c2ccccc2)CC1. The molecule has 0 aliphatic heterocycles. The van der Waals surface area contributed by atoms with Gasteiger partial charge in [-0.1, -0.05) is 18.2 Å². The molecular weight excluding hydrogens is 316 g/mol. The van der Waals surface area contributed by atoms with Crippen molar-refractivity contribution in [1.29, 1.82) is 0 Å². The fourth-order valence-corrected chi connectivity index (χ4v) is 4.10. The third-order valence-corrected chi connectivity index (χ3v) is 6.22. The number of alkyl halides is 2. The number of halogens is 2. The summed E-state index contributed by atoms with van der Waals surface area (Å²) in [6, 6.07) is 7.65. The number of hydrogen-bond acceptors (Lipinski definition) is 4. The minimum Gasteiger partial charge on any atom is -0.387 e. The van der Waals surface area contributed by atoms with Gasteiger partial charge in [-0.25, -0.2) is 17.2 Å². The molecule has 5 nitrogen and oxygen atoms in total. The van der Waals surface area contributed by atoms with Crippen molar-refractivity contribution in [2.24, 2.45) is 0 Å². The first-order valence-corrected chi connectivity index (χ1v) is 8.34. The second-order valence-corrected chi connectivity index (χ2v) is 7.52. The van der Waals surface area contributed by atoms with E-state index in [1.54, 1.807) is 18.2 Å². The van der Waals surface area contributed by atoms with Crippen LogP contribution in [0.2, 0.25) is 0 Å². The maximum Gasteiger partial charge on any atom is 0.264 e. The molecule has 2 N–H and O–H groups in total. The molecule has 8 heteroatoms. The van der Waals surface area contributed by atoms with E-state index in [1.807, 2.05) is 0 Å². The smallest absolute Gasteiger partial charge is 0.264 e. The maximum absolute atomic E-state index is 12.5. The topological polar surface area (TPSA) is 83.5 Å². The summed E-state index contributed by atoms with van der Waals surface area (Å²) in [6.07, 6.45) is -4.65. The van der Waals surface area contributed by atoms with Gasteiger partial charge in [0, 0.05) is 6.54 Å². The highest BCUT2D eigenvalue weighted by atomic mass is 32.2. The molecule has 0 spiro atoms. The third kappa shape index (κ3) is 3.12. The Balaban J connectivity index is 2.03. The van der Waals surface area contributed by atoms with Crippen molar-refractivity contribution in [3.63, 3.8) is 0 Å². The van der Waals surface area contributed by atoms with Crippen LogP contribution in [0.25, 0.3) is 0 Å². The number of sulfone groups is 1. The van der Waals surface area contributed by atoms with Crippen LogP contribution in [0.1, 0.15) is 19.3 Å². The zero-order valence-corrected chi connectivity index (χ0v) is 12.5. The number of carbonyl (C=O) groups excluding carboxylic acids is 1. The molecule has 1 aliphatic carbocycles. The van der Waals surface area contributed by atoms with E-state index in [1.165, 1.54) is 12.1 Å². The minimum absolute atomic E-state index is 0.0651. The van der Waals surface area contributed by atoms with Gasteiger partial charge >= 0.3 is 0 Å². The highest BCUT2D eigenvalue weighted by molar-refractivity contribution is 7.94. The van der Waals surface area contributed by atoms with Crippen molar-refractivity contribution in [2.45, 2.75) is 41.4 Å². The van der Waals surface area contributed by atoms with E-state index in [-0.39, 0.29) is 30.7 Å². The van der Waals surface area contributed by atoms with Gasteiger partial charge < -0.3 is 10.4 Å². The Labute approximate surface area is 127 Å². The van der Waals surface area contributed by atoms with Crippen LogP contribution >= 0.6 is 0 Å². The van der Waals surface area contributed by atoms with Crippen LogP contribution in [0.4, 0.5) is 8.78 Å². The lowest BCUT2D eigenvalue weighted by Gasteiger charge is -2.17. The van der Waals surface area contributed by atoms with Crippen molar-refractivity contribution in [3.8, 4) is 0 Å². The standard InChI is InChI=1S/C14H17F2NO4S/c15-12(16)11(18)6-9-17-13(19)14(7-8-14)22(20,21)10-4-2-1-3-5-10/h1-5,11-12,18H,6-9H2,(H,17,19). The number of hydrogen-bond donors (Lipinski definition) is 2. The molecule has 0 bridgehead atoms. The molecule has 1 aromatic rings. The molecule has 1 atom stereocenters. The van der Waals surface area contributed by atoms with E-state index in [9.17, 15) is 22.0 Å². The number of nitrogens with one attached hydrogen (secondary N) is 1. The Morgan fingerprint density at radius 1 is 1.27 bits per heavy atom. The average molecular weight is 333 g/mol. The quantitative estimate of drug-likeness (QED) is 0.783. The van der Waals surface area contributed by atoms with E-state index in [0.717, 1.165) is 0 Å². The van der Waals surface area contributed by atoms with Gasteiger partial charge in [0.1, 0.15) is 6.10 Å². The van der Waals surface area contributed by atoms with Gasteiger partial charge in [-0.3, -0.25) is 4.79 Å². The Bertz CT molecular complexity index is 630. The third-order valence-electron chi connectivity index (χ3n) is 3.70. The van der Waals surface area contributed by atoms with Crippen molar-refractivity contribution in [3.05, 3.63) is 30.3 Å². The van der Waals surface area contributed by atoms with E-state index >= 15 is 0 Å². The molecule has 1 unspecified atom stereocenters. The predicted molar refractivity (Wildman–Crippen MR) is 75.2 cm³/mol. The zero-order valence-electron chi connectivity index (χ0n) is 11.7. The summed E-state index contributed by atoms with van der Waals surface area (Å²) in [4.78, 5) is 12.2. The number of benzene rings is 1. The first kappa shape index (κ1) is 16.8. The van der Waals surface area contributed by atoms with Crippen molar-refractivity contribution in [1.82, 2.24) is 5.32 Å². The molecule has 122 valence electrons. The fourth-order valence-electron chi connectivity index (χ4n) is 2.18. The largest absolute Gasteiger partial charge is 0.387 e. The summed E-state index contributed by atoms with van der Waals surface area (Å²) < 4.78 is 47.9. The first-order valence-electron chi connectivity index (χ1n) is 6.85. The maximum atomic E-state index is 12.5. The van der Waals surface area contributed by atoms with E-state index in [4.69, 9.17) is 5.11 Å². The summed E-state index contributed by atoms with van der Waals surface area (Å²) in [6.45, 7) is -0.198. The highest BCUT2D eigenvalue weighted by Gasteiger charge is 2.61. The number of aliphatic hydroxyl groups excluding tert-OH is 1. The van der Waals surface area contributed by atoms with Crippen LogP contribution in [-0.2, 0) is 14.6 Å². The van der Waals surface area contributed by atoms with Crippen molar-refractivity contribution >= 4 is 15.7 Å². The Morgan fingerprint density at radius 2 is 1.86 bits per heavy atom. The first-order chi connectivity index (χ1) is 10.3. The van der Waals surface area contributed by atoms with Gasteiger partial charge in [0.15, 0.2) is 14.6 Å². The van der Waals surface area contributed by atoms with E-state index in [0.29, 0.717) is 0 Å². The number of carbonyl (C=O) groups is 1. The van der Waals surface area contributed by atoms with Crippen LogP contribution in [0, 0.1) is 0 Å². The van der Waals surface area contributed by atoms with Crippen LogP contribution in [0.5, 0.6) is 0 Å². The average Bonchev–Trinajstić information content (AvgIpc) is 3.30. The zero-order chi connectivity index (χ0) is 16.4. The normalized spacial score (nSPS) is 18.0. The molecule has 0 heterocycles. The number of rotatable bonds is 7. The molecule has 0 saturated heterocycles. The van der Waals surface area contributed by atoms with Crippen LogP contribution in [-0.4, -0.2) is 43.3 Å². The fraction of sp³-hybridized carbons (Fsp3) is 0.500. The molecule has 1 aliphatic rings. The Hall–Kier alpha value is -1.54. The van der Waals surface area contributed by atoms with Gasteiger partial charge in [0.2, 0.25) is 5.91 Å². The summed E-state index contributed by atoms with van der Waals surface area (Å²) >= 11 is 0. The van der Waals surface area contributed by atoms with E-state index < -0.39 is 33.0 Å². The summed E-state index contributed by atoms with van der Waals surface area (Å²) in [5, 5.41) is 11.3. The highest BCUT2D eigenvalue weighted by Crippen LogP contribution is 2.46. The Kier molecular flexibility index (Phi) is 4.81. The van der Waals surface area contributed by atoms with Gasteiger partial charge in [-0.05, 0) is 31.4 Å². The molecule has 0 aromatic heterocycles. The van der Waals surface area contributed by atoms with Gasteiger partial charge in [-0.15, -0.1) is 0 Å². The predicted octanol–water partition coefficient (Wildman–Crippen LogP) is 1.13. The molecule has 1 fully saturated rings. The lowest BCUT2D eigenvalue weighted by atomic mass is 10.2. The lowest BCUT2D eigenvalue weighted by Crippen LogP contribution is -2.43. The second kappa shape index (κ2) is 6.29.